The monoisotopic (exact) mass is 200 g/mol. The minimum atomic E-state index is -0.317. The molecule has 0 aliphatic heterocycles. The third-order valence-corrected chi connectivity index (χ3v) is 3.15. The van der Waals surface area contributed by atoms with Gasteiger partial charge in [-0.3, -0.25) is 21.3 Å². The van der Waals surface area contributed by atoms with Gasteiger partial charge in [-0.05, 0) is 34.0 Å². The number of hydrogen-bond acceptors (Lipinski definition) is 4. The second-order valence-corrected chi connectivity index (χ2v) is 3.98. The lowest BCUT2D eigenvalue weighted by Gasteiger charge is -2.38. The van der Waals surface area contributed by atoms with E-state index < -0.39 is 0 Å². The molecular weight excluding hydrogens is 176 g/mol. The fourth-order valence-corrected chi connectivity index (χ4v) is 2.14. The van der Waals surface area contributed by atoms with Crippen LogP contribution in [0.2, 0.25) is 0 Å². The van der Waals surface area contributed by atoms with Crippen LogP contribution in [-0.4, -0.2) is 33.1 Å². The van der Waals surface area contributed by atoms with Crippen LogP contribution >= 0.6 is 0 Å². The van der Waals surface area contributed by atoms with Crippen LogP contribution in [0.4, 0.5) is 0 Å². The first-order chi connectivity index (χ1) is 6.76. The lowest BCUT2D eigenvalue weighted by atomic mass is 9.95. The zero-order valence-electron chi connectivity index (χ0n) is 9.61. The smallest absolute Gasteiger partial charge is 0.180 e. The first-order valence-electron chi connectivity index (χ1n) is 5.61. The summed E-state index contributed by atoms with van der Waals surface area (Å²) >= 11 is 0. The third kappa shape index (κ3) is 2.92. The minimum absolute atomic E-state index is 0.317. The molecule has 0 atom stereocenters. The quantitative estimate of drug-likeness (QED) is 0.478. The van der Waals surface area contributed by atoms with Crippen molar-refractivity contribution in [1.82, 2.24) is 21.3 Å². The summed E-state index contributed by atoms with van der Waals surface area (Å²) in [5.74, 6) is -0.317. The van der Waals surface area contributed by atoms with Gasteiger partial charge in [0.25, 0.3) is 0 Å². The fourth-order valence-electron chi connectivity index (χ4n) is 2.14. The van der Waals surface area contributed by atoms with Crippen LogP contribution in [0, 0.1) is 0 Å². The van der Waals surface area contributed by atoms with Crippen LogP contribution in [-0.2, 0) is 0 Å². The van der Waals surface area contributed by atoms with Crippen molar-refractivity contribution >= 4 is 0 Å². The number of nitrogens with one attached hydrogen (secondary N) is 4. The molecule has 84 valence electrons. The van der Waals surface area contributed by atoms with Crippen LogP contribution in [0.15, 0.2) is 0 Å². The van der Waals surface area contributed by atoms with E-state index in [9.17, 15) is 0 Å². The maximum Gasteiger partial charge on any atom is 0.180 e. The Bertz CT molecular complexity index is 142. The summed E-state index contributed by atoms with van der Waals surface area (Å²) in [7, 11) is 5.84. The van der Waals surface area contributed by atoms with Gasteiger partial charge in [-0.25, -0.2) is 0 Å². The standard InChI is InChI=1S/C10H24N4/c1-11-10(12-2,13-3)14-9-7-5-4-6-8-9/h9,11-14H,4-8H2,1-3H3. The third-order valence-electron chi connectivity index (χ3n) is 3.15. The molecule has 0 saturated heterocycles. The van der Waals surface area contributed by atoms with Gasteiger partial charge in [0.1, 0.15) is 0 Å². The highest BCUT2D eigenvalue weighted by Gasteiger charge is 2.27. The Morgan fingerprint density at radius 2 is 1.36 bits per heavy atom. The van der Waals surface area contributed by atoms with Gasteiger partial charge in [0, 0.05) is 6.04 Å². The van der Waals surface area contributed by atoms with Gasteiger partial charge in [-0.2, -0.15) is 0 Å². The highest BCUT2D eigenvalue weighted by Crippen LogP contribution is 2.18. The Hall–Kier alpha value is -0.160. The average molecular weight is 200 g/mol. The molecule has 0 aromatic heterocycles. The molecule has 0 aromatic rings. The van der Waals surface area contributed by atoms with E-state index in [0.29, 0.717) is 6.04 Å². The first kappa shape index (κ1) is 11.9. The van der Waals surface area contributed by atoms with E-state index in [0.717, 1.165) is 0 Å². The molecule has 0 bridgehead atoms. The highest BCUT2D eigenvalue weighted by atomic mass is 15.5. The lowest BCUT2D eigenvalue weighted by Crippen LogP contribution is -2.74. The van der Waals surface area contributed by atoms with Crippen LogP contribution in [0.3, 0.4) is 0 Å². The summed E-state index contributed by atoms with van der Waals surface area (Å²) in [5, 5.41) is 13.3. The van der Waals surface area contributed by atoms with Crippen LogP contribution in [0.5, 0.6) is 0 Å². The molecule has 0 radical (unpaired) electrons. The molecule has 1 aliphatic carbocycles. The molecule has 0 unspecified atom stereocenters. The molecule has 0 amide bonds. The molecule has 1 aliphatic rings. The summed E-state index contributed by atoms with van der Waals surface area (Å²) in [6, 6.07) is 0.621. The average Bonchev–Trinajstić information content (AvgIpc) is 2.28. The number of hydrogen-bond donors (Lipinski definition) is 4. The largest absolute Gasteiger partial charge is 0.277 e. The topological polar surface area (TPSA) is 48.1 Å². The Labute approximate surface area is 87.2 Å². The molecule has 4 nitrogen and oxygen atoms in total. The molecule has 1 fully saturated rings. The van der Waals surface area contributed by atoms with Crippen molar-refractivity contribution in [3.05, 3.63) is 0 Å². The maximum absolute atomic E-state index is 3.59. The zero-order chi connectivity index (χ0) is 10.4. The summed E-state index contributed by atoms with van der Waals surface area (Å²) < 4.78 is 0. The first-order valence-corrected chi connectivity index (χ1v) is 5.61. The Morgan fingerprint density at radius 1 is 0.857 bits per heavy atom. The van der Waals surface area contributed by atoms with E-state index >= 15 is 0 Å². The molecule has 0 aromatic carbocycles. The molecule has 14 heavy (non-hydrogen) atoms. The van der Waals surface area contributed by atoms with E-state index in [1.807, 2.05) is 21.1 Å². The molecular formula is C10H24N4. The van der Waals surface area contributed by atoms with Gasteiger partial charge < -0.3 is 0 Å². The minimum Gasteiger partial charge on any atom is -0.277 e. The highest BCUT2D eigenvalue weighted by molar-refractivity contribution is 4.82. The SMILES string of the molecule is CNC(NC)(NC)NC1CCCCC1. The molecule has 0 heterocycles. The summed E-state index contributed by atoms with van der Waals surface area (Å²) in [5.41, 5.74) is 0. The molecule has 4 N–H and O–H groups in total. The van der Waals surface area contributed by atoms with Gasteiger partial charge in [0.15, 0.2) is 5.91 Å². The Balaban J connectivity index is 2.44. The Morgan fingerprint density at radius 3 is 1.79 bits per heavy atom. The van der Waals surface area contributed by atoms with Crippen molar-refractivity contribution in [2.45, 2.75) is 44.1 Å². The van der Waals surface area contributed by atoms with Crippen molar-refractivity contribution < 1.29 is 0 Å². The zero-order valence-corrected chi connectivity index (χ0v) is 9.61. The van der Waals surface area contributed by atoms with Gasteiger partial charge in [-0.15, -0.1) is 0 Å². The van der Waals surface area contributed by atoms with Crippen molar-refractivity contribution in [1.29, 1.82) is 0 Å². The van der Waals surface area contributed by atoms with Crippen molar-refractivity contribution in [2.75, 3.05) is 21.1 Å². The van der Waals surface area contributed by atoms with E-state index in [2.05, 4.69) is 21.3 Å². The normalized spacial score (nSPS) is 19.9. The molecule has 0 spiro atoms. The summed E-state index contributed by atoms with van der Waals surface area (Å²) in [6.45, 7) is 0. The second kappa shape index (κ2) is 5.66. The van der Waals surface area contributed by atoms with E-state index in [-0.39, 0.29) is 5.91 Å². The lowest BCUT2D eigenvalue weighted by molar-refractivity contribution is 0.147. The van der Waals surface area contributed by atoms with E-state index in [4.69, 9.17) is 0 Å². The van der Waals surface area contributed by atoms with Crippen LogP contribution in [0.25, 0.3) is 0 Å². The van der Waals surface area contributed by atoms with E-state index in [1.165, 1.54) is 32.1 Å². The van der Waals surface area contributed by atoms with Gasteiger partial charge >= 0.3 is 0 Å². The molecule has 4 heteroatoms. The predicted molar refractivity (Wildman–Crippen MR) is 59.9 cm³/mol. The summed E-state index contributed by atoms with van der Waals surface area (Å²) in [6.07, 6.45) is 6.67. The van der Waals surface area contributed by atoms with Crippen molar-refractivity contribution in [3.8, 4) is 0 Å². The Kier molecular flexibility index (Phi) is 4.81. The van der Waals surface area contributed by atoms with Gasteiger partial charge in [0.2, 0.25) is 0 Å². The van der Waals surface area contributed by atoms with Crippen LogP contribution in [0.1, 0.15) is 32.1 Å². The molecule has 1 rings (SSSR count). The van der Waals surface area contributed by atoms with Gasteiger partial charge in [0.05, 0.1) is 0 Å². The van der Waals surface area contributed by atoms with Crippen molar-refractivity contribution in [2.24, 2.45) is 0 Å². The van der Waals surface area contributed by atoms with Crippen LogP contribution < -0.4 is 21.3 Å². The van der Waals surface area contributed by atoms with Gasteiger partial charge in [-0.1, -0.05) is 19.3 Å². The predicted octanol–water partition coefficient (Wildman–Crippen LogP) is 0.178. The second-order valence-electron chi connectivity index (χ2n) is 3.98. The van der Waals surface area contributed by atoms with E-state index in [1.54, 1.807) is 0 Å². The maximum atomic E-state index is 3.59. The summed E-state index contributed by atoms with van der Waals surface area (Å²) in [4.78, 5) is 0. The molecule has 1 saturated carbocycles. The fraction of sp³-hybridized carbons (Fsp3) is 1.00. The number of rotatable bonds is 5. The van der Waals surface area contributed by atoms with Crippen molar-refractivity contribution in [3.63, 3.8) is 0 Å².